The van der Waals surface area contributed by atoms with Crippen molar-refractivity contribution in [1.82, 2.24) is 0 Å². The zero-order valence-corrected chi connectivity index (χ0v) is 12.5. The van der Waals surface area contributed by atoms with Crippen molar-refractivity contribution in [1.29, 1.82) is 0 Å². The standard InChI is InChI=1S/C12H19IO4/c1-3-5-7-16-11(14)9-10(13)12(15)17-8-6-4-2/h9H,3-8H2,1-2H3/b10-9-. The predicted molar refractivity (Wildman–Crippen MR) is 73.8 cm³/mol. The van der Waals surface area contributed by atoms with Gasteiger partial charge < -0.3 is 9.47 Å². The minimum Gasteiger partial charge on any atom is -0.463 e. The van der Waals surface area contributed by atoms with Gasteiger partial charge in [0.1, 0.15) is 3.58 Å². The topological polar surface area (TPSA) is 52.6 Å². The van der Waals surface area contributed by atoms with Gasteiger partial charge in [0.2, 0.25) is 0 Å². The number of carbonyl (C=O) groups excluding carboxylic acids is 2. The number of esters is 2. The first kappa shape index (κ1) is 16.4. The van der Waals surface area contributed by atoms with Crippen LogP contribution in [-0.4, -0.2) is 25.2 Å². The van der Waals surface area contributed by atoms with Crippen LogP contribution in [0.1, 0.15) is 39.5 Å². The zero-order chi connectivity index (χ0) is 13.1. The number of ether oxygens (including phenoxy) is 2. The Morgan fingerprint density at radius 3 is 2.12 bits per heavy atom. The molecule has 0 atom stereocenters. The molecule has 0 rings (SSSR count). The summed E-state index contributed by atoms with van der Waals surface area (Å²) < 4.78 is 10.1. The van der Waals surface area contributed by atoms with Crippen molar-refractivity contribution in [3.05, 3.63) is 9.66 Å². The van der Waals surface area contributed by atoms with Crippen molar-refractivity contribution in [2.75, 3.05) is 13.2 Å². The van der Waals surface area contributed by atoms with Crippen LogP contribution in [0.2, 0.25) is 0 Å². The molecule has 4 nitrogen and oxygen atoms in total. The molecule has 0 aromatic heterocycles. The van der Waals surface area contributed by atoms with Crippen LogP contribution in [0.15, 0.2) is 9.66 Å². The lowest BCUT2D eigenvalue weighted by molar-refractivity contribution is -0.140. The highest BCUT2D eigenvalue weighted by atomic mass is 127. The molecule has 0 radical (unpaired) electrons. The number of halogens is 1. The quantitative estimate of drug-likeness (QED) is 0.291. The molecule has 0 heterocycles. The van der Waals surface area contributed by atoms with Crippen LogP contribution < -0.4 is 0 Å². The van der Waals surface area contributed by atoms with Crippen LogP contribution in [-0.2, 0) is 19.1 Å². The molecule has 0 aliphatic rings. The fraction of sp³-hybridized carbons (Fsp3) is 0.667. The smallest absolute Gasteiger partial charge is 0.344 e. The first-order chi connectivity index (χ1) is 8.11. The summed E-state index contributed by atoms with van der Waals surface area (Å²) in [4.78, 5) is 22.6. The Balaban J connectivity index is 3.96. The van der Waals surface area contributed by atoms with Crippen molar-refractivity contribution in [2.45, 2.75) is 39.5 Å². The van der Waals surface area contributed by atoms with Crippen molar-refractivity contribution in [3.63, 3.8) is 0 Å². The SMILES string of the molecule is CCCCOC(=O)/C=C(\I)C(=O)OCCCC. The molecule has 5 heteroatoms. The Hall–Kier alpha value is -0.590. The fourth-order valence-electron chi connectivity index (χ4n) is 0.899. The van der Waals surface area contributed by atoms with E-state index in [1.54, 1.807) is 22.6 Å². The second-order valence-corrected chi connectivity index (χ2v) is 4.66. The van der Waals surface area contributed by atoms with E-state index in [1.165, 1.54) is 6.08 Å². The van der Waals surface area contributed by atoms with Crippen LogP contribution in [0.5, 0.6) is 0 Å². The molecular formula is C12H19IO4. The van der Waals surface area contributed by atoms with Crippen LogP contribution in [0.25, 0.3) is 0 Å². The van der Waals surface area contributed by atoms with Crippen LogP contribution in [0.4, 0.5) is 0 Å². The molecule has 0 bridgehead atoms. The highest BCUT2D eigenvalue weighted by Crippen LogP contribution is 2.09. The van der Waals surface area contributed by atoms with E-state index >= 15 is 0 Å². The number of unbranched alkanes of at least 4 members (excludes halogenated alkanes) is 2. The van der Waals surface area contributed by atoms with Crippen molar-refractivity contribution < 1.29 is 19.1 Å². The molecule has 0 unspecified atom stereocenters. The zero-order valence-electron chi connectivity index (χ0n) is 10.3. The molecule has 0 spiro atoms. The van der Waals surface area contributed by atoms with E-state index in [-0.39, 0.29) is 3.58 Å². The Kier molecular flexibility index (Phi) is 10.2. The van der Waals surface area contributed by atoms with Crippen LogP contribution >= 0.6 is 22.6 Å². The summed E-state index contributed by atoms with van der Waals surface area (Å²) in [6, 6.07) is 0. The van der Waals surface area contributed by atoms with Gasteiger partial charge >= 0.3 is 11.9 Å². The predicted octanol–water partition coefficient (Wildman–Crippen LogP) is 2.99. The maximum absolute atomic E-state index is 11.4. The summed E-state index contributed by atoms with van der Waals surface area (Å²) in [6.07, 6.45) is 4.76. The summed E-state index contributed by atoms with van der Waals surface area (Å²) in [5.41, 5.74) is 0. The summed E-state index contributed by atoms with van der Waals surface area (Å²) >= 11 is 1.78. The van der Waals surface area contributed by atoms with Gasteiger partial charge in [-0.1, -0.05) is 26.7 Å². The Bertz CT molecular complexity index is 274. The molecule has 0 aromatic carbocycles. The van der Waals surface area contributed by atoms with Gasteiger partial charge in [-0.25, -0.2) is 9.59 Å². The number of rotatable bonds is 8. The lowest BCUT2D eigenvalue weighted by Gasteiger charge is -2.03. The lowest BCUT2D eigenvalue weighted by Crippen LogP contribution is -2.09. The lowest BCUT2D eigenvalue weighted by atomic mass is 10.4. The highest BCUT2D eigenvalue weighted by molar-refractivity contribution is 14.1. The van der Waals surface area contributed by atoms with Crippen molar-refractivity contribution >= 4 is 34.5 Å². The summed E-state index contributed by atoms with van der Waals surface area (Å²) in [6.45, 7) is 4.81. The van der Waals surface area contributed by atoms with E-state index < -0.39 is 11.9 Å². The van der Waals surface area contributed by atoms with E-state index in [0.717, 1.165) is 25.7 Å². The molecule has 17 heavy (non-hydrogen) atoms. The minimum absolute atomic E-state index is 0.250. The maximum Gasteiger partial charge on any atom is 0.344 e. The van der Waals surface area contributed by atoms with E-state index in [2.05, 4.69) is 0 Å². The molecule has 0 amide bonds. The van der Waals surface area contributed by atoms with Gasteiger partial charge in [-0.2, -0.15) is 0 Å². The van der Waals surface area contributed by atoms with Gasteiger partial charge in [0, 0.05) is 6.08 Å². The maximum atomic E-state index is 11.4. The molecular weight excluding hydrogens is 335 g/mol. The molecule has 0 aliphatic carbocycles. The van der Waals surface area contributed by atoms with E-state index in [0.29, 0.717) is 13.2 Å². The van der Waals surface area contributed by atoms with Gasteiger partial charge in [0.05, 0.1) is 13.2 Å². The second-order valence-electron chi connectivity index (χ2n) is 3.50. The summed E-state index contributed by atoms with van der Waals surface area (Å²) in [7, 11) is 0. The number of hydrogen-bond acceptors (Lipinski definition) is 4. The first-order valence-corrected chi connectivity index (χ1v) is 6.90. The summed E-state index contributed by atoms with van der Waals surface area (Å²) in [5.74, 6) is -0.957. The third-order valence-corrected chi connectivity index (χ3v) is 2.66. The average molecular weight is 354 g/mol. The molecule has 0 fully saturated rings. The molecule has 0 saturated heterocycles. The third kappa shape index (κ3) is 9.14. The minimum atomic E-state index is -0.490. The van der Waals surface area contributed by atoms with Gasteiger partial charge in [-0.05, 0) is 35.4 Å². The van der Waals surface area contributed by atoms with Gasteiger partial charge in [0.25, 0.3) is 0 Å². The Morgan fingerprint density at radius 2 is 1.59 bits per heavy atom. The van der Waals surface area contributed by atoms with E-state index in [9.17, 15) is 9.59 Å². The van der Waals surface area contributed by atoms with Gasteiger partial charge in [0.15, 0.2) is 0 Å². The van der Waals surface area contributed by atoms with E-state index in [4.69, 9.17) is 9.47 Å². The monoisotopic (exact) mass is 354 g/mol. The van der Waals surface area contributed by atoms with Gasteiger partial charge in [-0.15, -0.1) is 0 Å². The van der Waals surface area contributed by atoms with Crippen LogP contribution in [0, 0.1) is 0 Å². The van der Waals surface area contributed by atoms with Gasteiger partial charge in [-0.3, -0.25) is 0 Å². The molecule has 0 aliphatic heterocycles. The first-order valence-electron chi connectivity index (χ1n) is 5.82. The normalized spacial score (nSPS) is 11.1. The number of carbonyl (C=O) groups is 2. The van der Waals surface area contributed by atoms with Crippen molar-refractivity contribution in [3.8, 4) is 0 Å². The molecule has 0 N–H and O–H groups in total. The fourth-order valence-corrected chi connectivity index (χ4v) is 1.31. The summed E-state index contributed by atoms with van der Waals surface area (Å²) in [5, 5.41) is 0. The molecule has 98 valence electrons. The van der Waals surface area contributed by atoms with Crippen molar-refractivity contribution in [2.24, 2.45) is 0 Å². The second kappa shape index (κ2) is 10.6. The molecule has 0 saturated carbocycles. The Labute approximate surface area is 116 Å². The van der Waals surface area contributed by atoms with Crippen LogP contribution in [0.3, 0.4) is 0 Å². The highest BCUT2D eigenvalue weighted by Gasteiger charge is 2.10. The molecule has 0 aromatic rings. The van der Waals surface area contributed by atoms with E-state index in [1.807, 2.05) is 13.8 Å². The number of hydrogen-bond donors (Lipinski definition) is 0. The average Bonchev–Trinajstić information content (AvgIpc) is 2.29. The largest absolute Gasteiger partial charge is 0.463 e. The third-order valence-electron chi connectivity index (χ3n) is 1.91. The Morgan fingerprint density at radius 1 is 1.06 bits per heavy atom.